The van der Waals surface area contributed by atoms with E-state index in [9.17, 15) is 0 Å². The third-order valence-corrected chi connectivity index (χ3v) is 4.77. The van der Waals surface area contributed by atoms with Crippen molar-refractivity contribution >= 4 is 5.82 Å². The molecule has 2 saturated heterocycles. The number of β-amino-alcohol motifs (C(OH)–C–C–N with tert-alkyl or cyclic N) is 1. The van der Waals surface area contributed by atoms with E-state index in [-0.39, 0.29) is 6.61 Å². The molecule has 2 aliphatic rings. The second-order valence-corrected chi connectivity index (χ2v) is 6.15. The molecule has 0 spiro atoms. The van der Waals surface area contributed by atoms with Crippen LogP contribution >= 0.6 is 0 Å². The molecule has 0 radical (unpaired) electrons. The van der Waals surface area contributed by atoms with E-state index < -0.39 is 0 Å². The highest BCUT2D eigenvalue weighted by Gasteiger charge is 2.40. The Hall–Kier alpha value is -1.99. The maximum absolute atomic E-state index is 9.08. The lowest BCUT2D eigenvalue weighted by Gasteiger charge is -2.22. The highest BCUT2D eigenvalue weighted by Crippen LogP contribution is 2.36. The van der Waals surface area contributed by atoms with Crippen molar-refractivity contribution in [3.8, 4) is 11.3 Å². The van der Waals surface area contributed by atoms with Crippen LogP contribution in [0.5, 0.6) is 0 Å². The summed E-state index contributed by atoms with van der Waals surface area (Å²) in [5, 5.41) is 24.6. The van der Waals surface area contributed by atoms with Crippen LogP contribution in [0.4, 0.5) is 5.82 Å². The second-order valence-electron chi connectivity index (χ2n) is 6.15. The number of nitrogens with zero attached hydrogens (tertiary/aromatic N) is 5. The molecule has 4 heterocycles. The zero-order valence-electron chi connectivity index (χ0n) is 12.4. The lowest BCUT2D eigenvalue weighted by atomic mass is 10.0. The van der Waals surface area contributed by atoms with Crippen LogP contribution in [0.15, 0.2) is 24.5 Å². The molecule has 0 bridgehead atoms. The number of hydrogen-bond acceptors (Lipinski definition) is 6. The molecule has 2 N–H and O–H groups in total. The Morgan fingerprint density at radius 3 is 2.64 bits per heavy atom. The van der Waals surface area contributed by atoms with E-state index in [1.54, 1.807) is 12.4 Å². The van der Waals surface area contributed by atoms with Crippen LogP contribution in [0.2, 0.25) is 0 Å². The molecule has 0 aromatic carbocycles. The van der Waals surface area contributed by atoms with Gasteiger partial charge in [-0.05, 0) is 24.0 Å². The number of aliphatic hydroxyl groups is 1. The van der Waals surface area contributed by atoms with Gasteiger partial charge in [0, 0.05) is 44.5 Å². The molecule has 7 nitrogen and oxygen atoms in total. The summed E-state index contributed by atoms with van der Waals surface area (Å²) < 4.78 is 0. The summed E-state index contributed by atoms with van der Waals surface area (Å²) in [4.78, 5) is 4.70. The number of nitrogens with one attached hydrogen (secondary N) is 1. The minimum atomic E-state index is 0.247. The number of likely N-dealkylation sites (tertiary alicyclic amines) is 1. The van der Waals surface area contributed by atoms with E-state index in [0.717, 1.165) is 49.8 Å². The highest BCUT2D eigenvalue weighted by molar-refractivity contribution is 5.72. The van der Waals surface area contributed by atoms with Crippen molar-refractivity contribution in [3.63, 3.8) is 0 Å². The summed E-state index contributed by atoms with van der Waals surface area (Å²) in [7, 11) is 0. The third kappa shape index (κ3) is 2.36. The molecule has 7 heteroatoms. The Morgan fingerprint density at radius 1 is 1.14 bits per heavy atom. The molecule has 2 atom stereocenters. The summed E-state index contributed by atoms with van der Waals surface area (Å²) >= 11 is 0. The normalized spacial score (nSPS) is 24.9. The lowest BCUT2D eigenvalue weighted by Crippen LogP contribution is -2.31. The first-order valence-electron chi connectivity index (χ1n) is 7.74. The summed E-state index contributed by atoms with van der Waals surface area (Å²) in [6.45, 7) is 5.19. The van der Waals surface area contributed by atoms with Gasteiger partial charge < -0.3 is 14.9 Å². The van der Waals surface area contributed by atoms with E-state index in [1.807, 2.05) is 12.1 Å². The van der Waals surface area contributed by atoms with Crippen molar-refractivity contribution in [2.45, 2.75) is 0 Å². The van der Waals surface area contributed by atoms with Crippen molar-refractivity contribution < 1.29 is 5.11 Å². The molecular weight excluding hydrogens is 280 g/mol. The van der Waals surface area contributed by atoms with E-state index in [0.29, 0.717) is 11.8 Å². The number of anilines is 1. The smallest absolute Gasteiger partial charge is 0.160 e. The molecule has 2 aliphatic heterocycles. The van der Waals surface area contributed by atoms with Gasteiger partial charge in [0.15, 0.2) is 5.82 Å². The number of H-pyrrole nitrogens is 1. The van der Waals surface area contributed by atoms with Crippen LogP contribution in [0.1, 0.15) is 0 Å². The van der Waals surface area contributed by atoms with Gasteiger partial charge >= 0.3 is 0 Å². The highest BCUT2D eigenvalue weighted by atomic mass is 16.3. The van der Waals surface area contributed by atoms with Gasteiger partial charge in [-0.2, -0.15) is 10.2 Å². The van der Waals surface area contributed by atoms with Crippen molar-refractivity contribution in [3.05, 3.63) is 24.5 Å². The SMILES string of the molecule is OCCN1C[C@@H]2CN(c3nnccc3-c3ccn[nH]3)C[C@@H]2C1. The van der Waals surface area contributed by atoms with Crippen LogP contribution in [-0.2, 0) is 0 Å². The van der Waals surface area contributed by atoms with E-state index in [2.05, 4.69) is 30.2 Å². The second kappa shape index (κ2) is 5.66. The van der Waals surface area contributed by atoms with Gasteiger partial charge in [0.25, 0.3) is 0 Å². The quantitative estimate of drug-likeness (QED) is 0.841. The Labute approximate surface area is 129 Å². The predicted octanol–water partition coefficient (Wildman–Crippen LogP) is 0.227. The third-order valence-electron chi connectivity index (χ3n) is 4.77. The van der Waals surface area contributed by atoms with E-state index >= 15 is 0 Å². The number of aliphatic hydroxyl groups excluding tert-OH is 1. The van der Waals surface area contributed by atoms with E-state index in [1.165, 1.54) is 0 Å². The Kier molecular flexibility index (Phi) is 3.51. The minimum absolute atomic E-state index is 0.247. The molecular formula is C15H20N6O. The van der Waals surface area contributed by atoms with Crippen LogP contribution < -0.4 is 4.90 Å². The van der Waals surface area contributed by atoms with Crippen molar-refractivity contribution in [1.82, 2.24) is 25.3 Å². The monoisotopic (exact) mass is 300 g/mol. The number of aromatic nitrogens is 4. The molecule has 2 aromatic heterocycles. The summed E-state index contributed by atoms with van der Waals surface area (Å²) in [5.41, 5.74) is 2.03. The van der Waals surface area contributed by atoms with Crippen LogP contribution in [0, 0.1) is 11.8 Å². The van der Waals surface area contributed by atoms with Crippen molar-refractivity contribution in [1.29, 1.82) is 0 Å². The van der Waals surface area contributed by atoms with Gasteiger partial charge in [-0.15, -0.1) is 5.10 Å². The zero-order valence-corrected chi connectivity index (χ0v) is 12.4. The number of aromatic amines is 1. The van der Waals surface area contributed by atoms with Gasteiger partial charge in [0.05, 0.1) is 18.5 Å². The van der Waals surface area contributed by atoms with Gasteiger partial charge in [0.1, 0.15) is 0 Å². The van der Waals surface area contributed by atoms with Crippen molar-refractivity contribution in [2.75, 3.05) is 44.2 Å². The summed E-state index contributed by atoms with van der Waals surface area (Å²) in [5.74, 6) is 2.25. The Morgan fingerprint density at radius 2 is 1.95 bits per heavy atom. The summed E-state index contributed by atoms with van der Waals surface area (Å²) in [6.07, 6.45) is 3.48. The first-order valence-corrected chi connectivity index (χ1v) is 7.74. The average Bonchev–Trinajstić information content (AvgIpc) is 3.23. The summed E-state index contributed by atoms with van der Waals surface area (Å²) in [6, 6.07) is 3.95. The number of hydrogen-bond donors (Lipinski definition) is 2. The van der Waals surface area contributed by atoms with Gasteiger partial charge in [-0.3, -0.25) is 5.10 Å². The number of rotatable bonds is 4. The first-order chi connectivity index (χ1) is 10.8. The van der Waals surface area contributed by atoms with Crippen LogP contribution in [0.25, 0.3) is 11.3 Å². The van der Waals surface area contributed by atoms with Crippen molar-refractivity contribution in [2.24, 2.45) is 11.8 Å². The average molecular weight is 300 g/mol. The van der Waals surface area contributed by atoms with Gasteiger partial charge in [0.2, 0.25) is 0 Å². The first kappa shape index (κ1) is 13.7. The minimum Gasteiger partial charge on any atom is -0.395 e. The molecule has 0 aliphatic carbocycles. The number of fused-ring (bicyclic) bond motifs is 1. The van der Waals surface area contributed by atoms with Crippen LogP contribution in [-0.4, -0.2) is 69.7 Å². The Balaban J connectivity index is 1.54. The maximum Gasteiger partial charge on any atom is 0.160 e. The Bertz CT molecular complexity index is 617. The molecule has 2 aromatic rings. The molecule has 116 valence electrons. The van der Waals surface area contributed by atoms with Gasteiger partial charge in [-0.1, -0.05) is 0 Å². The maximum atomic E-state index is 9.08. The van der Waals surface area contributed by atoms with E-state index in [4.69, 9.17) is 5.11 Å². The largest absolute Gasteiger partial charge is 0.395 e. The molecule has 2 fully saturated rings. The fraction of sp³-hybridized carbons (Fsp3) is 0.533. The van der Waals surface area contributed by atoms with Crippen LogP contribution in [0.3, 0.4) is 0 Å². The fourth-order valence-corrected chi connectivity index (χ4v) is 3.76. The molecule has 4 rings (SSSR count). The predicted molar refractivity (Wildman–Crippen MR) is 82.3 cm³/mol. The molecule has 0 saturated carbocycles. The zero-order chi connectivity index (χ0) is 14.9. The standard InChI is InChI=1S/C15H20N6O/c22-6-5-20-7-11-9-21(10-12(11)8-20)15-13(1-3-17-19-15)14-2-4-16-18-14/h1-4,11-12,22H,5-10H2,(H,16,18)/t11-,12+. The molecule has 0 amide bonds. The molecule has 0 unspecified atom stereocenters. The topological polar surface area (TPSA) is 81.2 Å². The lowest BCUT2D eigenvalue weighted by molar-refractivity contribution is 0.214. The van der Waals surface area contributed by atoms with Gasteiger partial charge in [-0.25, -0.2) is 0 Å². The molecule has 22 heavy (non-hydrogen) atoms. The fourth-order valence-electron chi connectivity index (χ4n) is 3.76.